The maximum Gasteiger partial charge on any atom is 0.263 e. The van der Waals surface area contributed by atoms with Gasteiger partial charge in [-0.1, -0.05) is 24.3 Å². The average Bonchev–Trinajstić information content (AvgIpc) is 2.88. The van der Waals surface area contributed by atoms with Gasteiger partial charge in [0.1, 0.15) is 23.3 Å². The third kappa shape index (κ3) is 4.48. The molecule has 0 aliphatic carbocycles. The lowest BCUT2D eigenvalue weighted by Gasteiger charge is -2.22. The quantitative estimate of drug-likeness (QED) is 0.358. The predicted octanol–water partition coefficient (Wildman–Crippen LogP) is 4.92. The summed E-state index contributed by atoms with van der Waals surface area (Å²) >= 11 is 0. The average molecular weight is 492 g/mol. The summed E-state index contributed by atoms with van der Waals surface area (Å²) in [6.07, 6.45) is 3.04. The molecule has 0 amide bonds. The first-order valence-electron chi connectivity index (χ1n) is 11.5. The number of fused-ring (bicyclic) bond motifs is 1. The number of pyridine rings is 2. The van der Waals surface area contributed by atoms with Crippen LogP contribution in [0, 0.1) is 24.1 Å². The van der Waals surface area contributed by atoms with Gasteiger partial charge in [-0.25, -0.2) is 9.37 Å². The van der Waals surface area contributed by atoms with Crippen LogP contribution in [0.1, 0.15) is 29.9 Å². The molecule has 9 heteroatoms. The highest BCUT2D eigenvalue weighted by atomic mass is 19.1. The number of nitriles is 1. The fourth-order valence-electron chi connectivity index (χ4n) is 4.40. The Kier molecular flexibility index (Phi) is 6.07. The van der Waals surface area contributed by atoms with Crippen LogP contribution in [-0.4, -0.2) is 19.5 Å². The number of aromatic nitrogens is 4. The minimum atomic E-state index is -0.520. The largest absolute Gasteiger partial charge is 0.368 e. The van der Waals surface area contributed by atoms with Gasteiger partial charge in [-0.05, 0) is 66.8 Å². The number of anilines is 2. The Bertz CT molecular complexity index is 1760. The van der Waals surface area contributed by atoms with E-state index in [1.165, 1.54) is 22.9 Å². The molecule has 37 heavy (non-hydrogen) atoms. The number of halogens is 1. The van der Waals surface area contributed by atoms with Gasteiger partial charge in [0.05, 0.1) is 23.3 Å². The highest BCUT2D eigenvalue weighted by Gasteiger charge is 2.20. The summed E-state index contributed by atoms with van der Waals surface area (Å²) in [5.74, 6) is -0.224. The SMILES string of the molecule is Cc1cc(-c2cccc3cc(C(C)Nc4nc(N)ncc4C#N)n(-c4cccc(F)c4)c(=O)c23)ccn1. The minimum Gasteiger partial charge on any atom is -0.368 e. The molecule has 0 saturated carbocycles. The molecule has 0 aliphatic rings. The van der Waals surface area contributed by atoms with E-state index in [0.717, 1.165) is 22.2 Å². The van der Waals surface area contributed by atoms with Crippen molar-refractivity contribution in [1.82, 2.24) is 19.5 Å². The molecule has 2 aromatic carbocycles. The van der Waals surface area contributed by atoms with Crippen molar-refractivity contribution in [3.8, 4) is 22.9 Å². The number of nitrogen functional groups attached to an aromatic ring is 1. The molecule has 0 spiro atoms. The molecule has 5 aromatic rings. The van der Waals surface area contributed by atoms with E-state index in [2.05, 4.69) is 20.3 Å². The first-order chi connectivity index (χ1) is 17.9. The maximum atomic E-state index is 14.3. The second-order valence-corrected chi connectivity index (χ2v) is 8.61. The van der Waals surface area contributed by atoms with Gasteiger partial charge in [-0.15, -0.1) is 0 Å². The standard InChI is InChI=1S/C28H22FN7O/c1-16-11-18(9-10-32-16)23-8-3-5-19-12-24(17(2)34-26-20(14-30)15-33-28(31)35-26)36(27(37)25(19)23)22-7-4-6-21(29)13-22/h3-13,15,17H,1-2H3,(H3,31,33,34,35). The van der Waals surface area contributed by atoms with E-state index in [-0.39, 0.29) is 22.9 Å². The molecule has 5 rings (SSSR count). The summed E-state index contributed by atoms with van der Waals surface area (Å²) in [6, 6.07) is 18.7. The van der Waals surface area contributed by atoms with Crippen molar-refractivity contribution < 1.29 is 4.39 Å². The third-order valence-corrected chi connectivity index (χ3v) is 6.07. The fourth-order valence-corrected chi connectivity index (χ4v) is 4.40. The number of hydrogen-bond acceptors (Lipinski definition) is 7. The Morgan fingerprint density at radius 3 is 2.68 bits per heavy atom. The molecule has 1 unspecified atom stereocenters. The molecule has 8 nitrogen and oxygen atoms in total. The van der Waals surface area contributed by atoms with Crippen LogP contribution in [0.4, 0.5) is 16.2 Å². The van der Waals surface area contributed by atoms with E-state index in [0.29, 0.717) is 16.8 Å². The lowest BCUT2D eigenvalue weighted by atomic mass is 9.98. The molecule has 1 atom stereocenters. The molecule has 0 aliphatic heterocycles. The summed E-state index contributed by atoms with van der Waals surface area (Å²) < 4.78 is 15.8. The highest BCUT2D eigenvalue weighted by Crippen LogP contribution is 2.30. The zero-order valence-electron chi connectivity index (χ0n) is 20.1. The smallest absolute Gasteiger partial charge is 0.263 e. The van der Waals surface area contributed by atoms with E-state index in [4.69, 9.17) is 5.73 Å². The lowest BCUT2D eigenvalue weighted by molar-refractivity contribution is 0.625. The molecule has 0 saturated heterocycles. The van der Waals surface area contributed by atoms with Gasteiger partial charge < -0.3 is 11.1 Å². The number of nitrogens with one attached hydrogen (secondary N) is 1. The van der Waals surface area contributed by atoms with Crippen molar-refractivity contribution in [2.24, 2.45) is 0 Å². The highest BCUT2D eigenvalue weighted by molar-refractivity contribution is 5.96. The van der Waals surface area contributed by atoms with Crippen molar-refractivity contribution in [2.75, 3.05) is 11.1 Å². The first-order valence-corrected chi connectivity index (χ1v) is 11.5. The molecule has 182 valence electrons. The maximum absolute atomic E-state index is 14.3. The van der Waals surface area contributed by atoms with Crippen LogP contribution in [-0.2, 0) is 0 Å². The Morgan fingerprint density at radius 2 is 1.92 bits per heavy atom. The van der Waals surface area contributed by atoms with Crippen LogP contribution in [0.2, 0.25) is 0 Å². The monoisotopic (exact) mass is 491 g/mol. The van der Waals surface area contributed by atoms with Gasteiger partial charge in [0.15, 0.2) is 0 Å². The number of hydrogen-bond donors (Lipinski definition) is 2. The van der Waals surface area contributed by atoms with Crippen LogP contribution in [0.15, 0.2) is 77.9 Å². The van der Waals surface area contributed by atoms with Crippen LogP contribution < -0.4 is 16.6 Å². The van der Waals surface area contributed by atoms with Gasteiger partial charge in [0, 0.05) is 17.6 Å². The van der Waals surface area contributed by atoms with Crippen molar-refractivity contribution in [3.63, 3.8) is 0 Å². The zero-order chi connectivity index (χ0) is 26.1. The first kappa shape index (κ1) is 23.6. The van der Waals surface area contributed by atoms with Crippen LogP contribution in [0.3, 0.4) is 0 Å². The molecule has 3 aromatic heterocycles. The number of nitrogens with zero attached hydrogens (tertiary/aromatic N) is 5. The predicted molar refractivity (Wildman–Crippen MR) is 141 cm³/mol. The Hall–Kier alpha value is -5.10. The summed E-state index contributed by atoms with van der Waals surface area (Å²) in [5, 5.41) is 13.9. The molecule has 0 radical (unpaired) electrons. The van der Waals surface area contributed by atoms with Gasteiger partial charge in [-0.2, -0.15) is 10.2 Å². The second kappa shape index (κ2) is 9.51. The topological polar surface area (TPSA) is 123 Å². The van der Waals surface area contributed by atoms with E-state index < -0.39 is 11.9 Å². The van der Waals surface area contributed by atoms with Gasteiger partial charge >= 0.3 is 0 Å². The third-order valence-electron chi connectivity index (χ3n) is 6.07. The van der Waals surface area contributed by atoms with E-state index in [9.17, 15) is 14.4 Å². The van der Waals surface area contributed by atoms with Gasteiger partial charge in [0.25, 0.3) is 5.56 Å². The van der Waals surface area contributed by atoms with Crippen LogP contribution >= 0.6 is 0 Å². The van der Waals surface area contributed by atoms with Gasteiger partial charge in [0.2, 0.25) is 5.95 Å². The molecule has 3 heterocycles. The number of rotatable bonds is 5. The van der Waals surface area contributed by atoms with E-state index in [1.54, 1.807) is 18.3 Å². The van der Waals surface area contributed by atoms with Crippen molar-refractivity contribution >= 4 is 22.5 Å². The normalized spacial score (nSPS) is 11.7. The van der Waals surface area contributed by atoms with Crippen LogP contribution in [0.5, 0.6) is 0 Å². The lowest BCUT2D eigenvalue weighted by Crippen LogP contribution is -2.26. The van der Waals surface area contributed by atoms with E-state index in [1.807, 2.05) is 56.3 Å². The number of nitrogens with two attached hydrogens (primary N) is 1. The Morgan fingerprint density at radius 1 is 1.11 bits per heavy atom. The summed E-state index contributed by atoms with van der Waals surface area (Å²) in [4.78, 5) is 26.5. The Balaban J connectivity index is 1.77. The summed E-state index contributed by atoms with van der Waals surface area (Å²) in [7, 11) is 0. The number of aryl methyl sites for hydroxylation is 1. The molecular weight excluding hydrogens is 469 g/mol. The van der Waals surface area contributed by atoms with Crippen molar-refractivity contribution in [3.05, 3.63) is 106 Å². The Labute approximate surface area is 211 Å². The van der Waals surface area contributed by atoms with Gasteiger partial charge in [-0.3, -0.25) is 14.3 Å². The molecular formula is C28H22FN7O. The minimum absolute atomic E-state index is 0.00650. The van der Waals surface area contributed by atoms with Crippen molar-refractivity contribution in [1.29, 1.82) is 5.26 Å². The summed E-state index contributed by atoms with van der Waals surface area (Å²) in [6.45, 7) is 3.71. The summed E-state index contributed by atoms with van der Waals surface area (Å²) in [5.41, 5.74) is 9.00. The second-order valence-electron chi connectivity index (χ2n) is 8.61. The van der Waals surface area contributed by atoms with E-state index >= 15 is 0 Å². The molecule has 0 bridgehead atoms. The number of benzene rings is 2. The molecule has 3 N–H and O–H groups in total. The zero-order valence-corrected chi connectivity index (χ0v) is 20.1. The van der Waals surface area contributed by atoms with Crippen LogP contribution in [0.25, 0.3) is 27.6 Å². The molecule has 0 fully saturated rings. The fraction of sp³-hybridized carbons (Fsp3) is 0.107. The van der Waals surface area contributed by atoms with Crippen molar-refractivity contribution in [2.45, 2.75) is 19.9 Å².